The number of hydrogen-bond donors (Lipinski definition) is 1. The lowest BCUT2D eigenvalue weighted by molar-refractivity contribution is 0.360. The van der Waals surface area contributed by atoms with Gasteiger partial charge in [-0.3, -0.25) is 4.40 Å². The molecule has 0 unspecified atom stereocenters. The van der Waals surface area contributed by atoms with Crippen LogP contribution in [0.1, 0.15) is 19.3 Å². The lowest BCUT2D eigenvalue weighted by Gasteiger charge is -2.22. The van der Waals surface area contributed by atoms with E-state index in [1.807, 2.05) is 6.07 Å². The second-order valence-electron chi connectivity index (χ2n) is 8.82. The Morgan fingerprint density at radius 2 is 1.87 bits per heavy atom. The first-order chi connectivity index (χ1) is 15.2. The van der Waals surface area contributed by atoms with Crippen LogP contribution in [0.5, 0.6) is 5.75 Å². The summed E-state index contributed by atoms with van der Waals surface area (Å²) < 4.78 is 7.72. The summed E-state index contributed by atoms with van der Waals surface area (Å²) in [7, 11) is 3.90. The average Bonchev–Trinajstić information content (AvgIpc) is 3.56. The molecule has 1 aromatic carbocycles. The van der Waals surface area contributed by atoms with Gasteiger partial charge in [0.1, 0.15) is 17.1 Å². The zero-order chi connectivity index (χ0) is 20.9. The van der Waals surface area contributed by atoms with Gasteiger partial charge in [0.05, 0.1) is 18.1 Å². The predicted molar refractivity (Wildman–Crippen MR) is 126 cm³/mol. The molecular formula is C24H28N6O. The molecule has 0 amide bonds. The Morgan fingerprint density at radius 1 is 0.968 bits per heavy atom. The highest BCUT2D eigenvalue weighted by Gasteiger charge is 2.24. The van der Waals surface area contributed by atoms with Crippen molar-refractivity contribution in [3.63, 3.8) is 0 Å². The Kier molecular flexibility index (Phi) is 4.38. The summed E-state index contributed by atoms with van der Waals surface area (Å²) in [5.74, 6) is 2.83. The molecule has 2 aliphatic rings. The number of methoxy groups -OCH3 is 1. The number of aromatic nitrogens is 3. The number of nitrogens with zero attached hydrogens (tertiary/aromatic N) is 5. The van der Waals surface area contributed by atoms with Gasteiger partial charge < -0.3 is 19.9 Å². The van der Waals surface area contributed by atoms with Gasteiger partial charge >= 0.3 is 0 Å². The van der Waals surface area contributed by atoms with Crippen LogP contribution in [0.15, 0.2) is 36.4 Å². The van der Waals surface area contributed by atoms with Crippen LogP contribution >= 0.6 is 0 Å². The van der Waals surface area contributed by atoms with E-state index in [9.17, 15) is 0 Å². The summed E-state index contributed by atoms with van der Waals surface area (Å²) in [5.41, 5.74) is 4.02. The fourth-order valence-electron chi connectivity index (χ4n) is 4.56. The molecule has 4 aromatic rings. The summed E-state index contributed by atoms with van der Waals surface area (Å²) in [6, 6.07) is 13.2. The predicted octanol–water partition coefficient (Wildman–Crippen LogP) is 3.76. The molecule has 6 rings (SSSR count). The van der Waals surface area contributed by atoms with Gasteiger partial charge in [-0.15, -0.1) is 0 Å². The third-order valence-corrected chi connectivity index (χ3v) is 6.50. The zero-order valence-electron chi connectivity index (χ0n) is 18.1. The molecule has 1 N–H and O–H groups in total. The highest BCUT2D eigenvalue weighted by Crippen LogP contribution is 2.34. The van der Waals surface area contributed by atoms with E-state index in [4.69, 9.17) is 14.7 Å². The highest BCUT2D eigenvalue weighted by atomic mass is 16.5. The van der Waals surface area contributed by atoms with Gasteiger partial charge in [-0.25, -0.2) is 9.97 Å². The van der Waals surface area contributed by atoms with Gasteiger partial charge in [0.15, 0.2) is 11.5 Å². The third-order valence-electron chi connectivity index (χ3n) is 6.50. The minimum Gasteiger partial charge on any atom is -0.497 e. The normalized spacial score (nSPS) is 18.1. The SMILES string of the molecule is COc1ccc2c(c1)cc1c(NC3CC3)nc3ccc(N4CCCN(C)CC4)nc3n12. The van der Waals surface area contributed by atoms with Gasteiger partial charge in [0.25, 0.3) is 0 Å². The summed E-state index contributed by atoms with van der Waals surface area (Å²) in [4.78, 5) is 14.9. The smallest absolute Gasteiger partial charge is 0.166 e. The fourth-order valence-corrected chi connectivity index (χ4v) is 4.56. The molecule has 7 heteroatoms. The molecule has 1 saturated carbocycles. The molecule has 0 atom stereocenters. The minimum atomic E-state index is 0.530. The molecule has 31 heavy (non-hydrogen) atoms. The Labute approximate surface area is 181 Å². The number of nitrogens with one attached hydrogen (secondary N) is 1. The summed E-state index contributed by atoms with van der Waals surface area (Å²) in [6.07, 6.45) is 3.57. The van der Waals surface area contributed by atoms with Gasteiger partial charge in [-0.05, 0) is 69.3 Å². The summed E-state index contributed by atoms with van der Waals surface area (Å²) >= 11 is 0. The first kappa shape index (κ1) is 18.7. The number of anilines is 2. The number of ether oxygens (including phenoxy) is 1. The maximum atomic E-state index is 5.46. The quantitative estimate of drug-likeness (QED) is 0.547. The van der Waals surface area contributed by atoms with Gasteiger partial charge in [0, 0.05) is 31.1 Å². The lowest BCUT2D eigenvalue weighted by atomic mass is 10.2. The van der Waals surface area contributed by atoms with Gasteiger partial charge in [-0.2, -0.15) is 0 Å². The summed E-state index contributed by atoms with van der Waals surface area (Å²) in [6.45, 7) is 4.22. The Morgan fingerprint density at radius 3 is 2.71 bits per heavy atom. The Bertz CT molecular complexity index is 1280. The third kappa shape index (κ3) is 3.33. The first-order valence-electron chi connectivity index (χ1n) is 11.2. The Balaban J connectivity index is 1.56. The molecular weight excluding hydrogens is 388 g/mol. The molecule has 1 saturated heterocycles. The number of pyridine rings is 1. The molecule has 0 bridgehead atoms. The molecule has 0 radical (unpaired) electrons. The molecule has 4 heterocycles. The van der Waals surface area contributed by atoms with Crippen molar-refractivity contribution in [2.45, 2.75) is 25.3 Å². The van der Waals surface area contributed by atoms with Crippen LogP contribution in [0.25, 0.3) is 27.6 Å². The Hall–Kier alpha value is -3.06. The van der Waals surface area contributed by atoms with Crippen LogP contribution < -0.4 is 15.0 Å². The summed E-state index contributed by atoms with van der Waals surface area (Å²) in [5, 5.41) is 4.76. The van der Waals surface area contributed by atoms with E-state index in [1.165, 1.54) is 12.8 Å². The number of likely N-dealkylation sites (N-methyl/N-ethyl adjacent to an activating group) is 1. The van der Waals surface area contributed by atoms with E-state index >= 15 is 0 Å². The molecule has 3 aromatic heterocycles. The van der Waals surface area contributed by atoms with Crippen LogP contribution in [-0.4, -0.2) is 65.6 Å². The zero-order valence-corrected chi connectivity index (χ0v) is 18.1. The maximum Gasteiger partial charge on any atom is 0.166 e. The van der Waals surface area contributed by atoms with Crippen LogP contribution in [0, 0.1) is 0 Å². The molecule has 1 aliphatic carbocycles. The first-order valence-corrected chi connectivity index (χ1v) is 11.2. The van der Waals surface area contributed by atoms with Crippen molar-refractivity contribution in [1.82, 2.24) is 19.3 Å². The highest BCUT2D eigenvalue weighted by molar-refractivity contribution is 5.97. The molecule has 2 fully saturated rings. The average molecular weight is 417 g/mol. The second kappa shape index (κ2) is 7.27. The van der Waals surface area contributed by atoms with E-state index in [-0.39, 0.29) is 0 Å². The van der Waals surface area contributed by atoms with Crippen molar-refractivity contribution in [2.75, 3.05) is 50.6 Å². The standard InChI is InChI=1S/C24H28N6O/c1-28-10-3-11-29(13-12-28)22-9-7-19-24(27-22)30-20-8-6-18(31-2)14-16(20)15-21(30)23(26-19)25-17-4-5-17/h6-9,14-15,17H,3-5,10-13H2,1-2H3,(H,25,26). The second-order valence-corrected chi connectivity index (χ2v) is 8.82. The van der Waals surface area contributed by atoms with Gasteiger partial charge in [0.2, 0.25) is 0 Å². The van der Waals surface area contributed by atoms with E-state index in [0.29, 0.717) is 6.04 Å². The molecule has 160 valence electrons. The largest absolute Gasteiger partial charge is 0.497 e. The van der Waals surface area contributed by atoms with Crippen LogP contribution in [0.3, 0.4) is 0 Å². The monoisotopic (exact) mass is 416 g/mol. The van der Waals surface area contributed by atoms with Crippen molar-refractivity contribution in [1.29, 1.82) is 0 Å². The molecule has 1 aliphatic heterocycles. The van der Waals surface area contributed by atoms with Crippen LogP contribution in [0.2, 0.25) is 0 Å². The van der Waals surface area contributed by atoms with E-state index in [0.717, 1.165) is 77.6 Å². The van der Waals surface area contributed by atoms with E-state index < -0.39 is 0 Å². The topological polar surface area (TPSA) is 57.9 Å². The van der Waals surface area contributed by atoms with Crippen molar-refractivity contribution in [3.8, 4) is 5.75 Å². The number of benzene rings is 1. The van der Waals surface area contributed by atoms with E-state index in [2.05, 4.69) is 56.9 Å². The van der Waals surface area contributed by atoms with Crippen molar-refractivity contribution in [3.05, 3.63) is 36.4 Å². The van der Waals surface area contributed by atoms with Crippen LogP contribution in [-0.2, 0) is 0 Å². The van der Waals surface area contributed by atoms with Crippen LogP contribution in [0.4, 0.5) is 11.6 Å². The van der Waals surface area contributed by atoms with Crippen molar-refractivity contribution in [2.24, 2.45) is 0 Å². The minimum absolute atomic E-state index is 0.530. The number of hydrogen-bond acceptors (Lipinski definition) is 6. The van der Waals surface area contributed by atoms with Crippen molar-refractivity contribution >= 4 is 39.2 Å². The number of rotatable bonds is 4. The van der Waals surface area contributed by atoms with E-state index in [1.54, 1.807) is 7.11 Å². The van der Waals surface area contributed by atoms with Crippen molar-refractivity contribution < 1.29 is 4.74 Å². The molecule has 0 spiro atoms. The number of fused-ring (bicyclic) bond motifs is 5. The molecule has 7 nitrogen and oxygen atoms in total. The van der Waals surface area contributed by atoms with Gasteiger partial charge in [-0.1, -0.05) is 0 Å². The fraction of sp³-hybridized carbons (Fsp3) is 0.417. The lowest BCUT2D eigenvalue weighted by Crippen LogP contribution is -2.29. The maximum absolute atomic E-state index is 5.46.